The van der Waals surface area contributed by atoms with Crippen LogP contribution >= 0.6 is 0 Å². The van der Waals surface area contributed by atoms with Gasteiger partial charge in [0.05, 0.1) is 34.9 Å². The van der Waals surface area contributed by atoms with Gasteiger partial charge in [-0.3, -0.25) is 9.97 Å². The van der Waals surface area contributed by atoms with Crippen LogP contribution in [0.25, 0.3) is 11.3 Å². The molecule has 6 rings (SSSR count). The molecule has 2 fully saturated rings. The summed E-state index contributed by atoms with van der Waals surface area (Å²) in [6, 6.07) is 4.71. The lowest BCUT2D eigenvalue weighted by Gasteiger charge is -2.40. The molecule has 1 aliphatic carbocycles. The van der Waals surface area contributed by atoms with Crippen LogP contribution in [0.5, 0.6) is 0 Å². The summed E-state index contributed by atoms with van der Waals surface area (Å²) in [7, 11) is 0. The average molecular weight is 469 g/mol. The van der Waals surface area contributed by atoms with E-state index in [1.54, 1.807) is 11.0 Å². The zero-order chi connectivity index (χ0) is 23.4. The Labute approximate surface area is 193 Å². The molecule has 8 nitrogen and oxygen atoms in total. The topological polar surface area (TPSA) is 90.3 Å². The number of alkyl halides is 3. The monoisotopic (exact) mass is 469 g/mol. The quantitative estimate of drug-likeness (QED) is 0.548. The van der Waals surface area contributed by atoms with Crippen LogP contribution < -0.4 is 15.1 Å². The predicted molar refractivity (Wildman–Crippen MR) is 119 cm³/mol. The van der Waals surface area contributed by atoms with E-state index < -0.39 is 18.1 Å². The molecule has 176 valence electrons. The highest BCUT2D eigenvalue weighted by Crippen LogP contribution is 2.46. The molecular formula is C23H22F3N7O. The van der Waals surface area contributed by atoms with Crippen LogP contribution in [0.3, 0.4) is 0 Å². The summed E-state index contributed by atoms with van der Waals surface area (Å²) < 4.78 is 41.3. The van der Waals surface area contributed by atoms with Gasteiger partial charge in [-0.2, -0.15) is 13.2 Å². The first-order valence-corrected chi connectivity index (χ1v) is 11.2. The number of anilines is 3. The van der Waals surface area contributed by atoms with Gasteiger partial charge in [-0.1, -0.05) is 0 Å². The van der Waals surface area contributed by atoms with Crippen molar-refractivity contribution < 1.29 is 18.3 Å². The van der Waals surface area contributed by atoms with Gasteiger partial charge in [0.2, 0.25) is 6.35 Å². The minimum absolute atomic E-state index is 0.00414. The molecule has 5 heterocycles. The molecule has 0 radical (unpaired) electrons. The SMILES string of the molecule is OC(Nc1cnccn1)N1c2nc(-c3cnc(C4CC4)c(C(F)(F)F)c3)ccc2N2CC[C@H]1C2. The van der Waals surface area contributed by atoms with E-state index in [1.165, 1.54) is 24.8 Å². The lowest BCUT2D eigenvalue weighted by atomic mass is 10.0. The van der Waals surface area contributed by atoms with Crippen molar-refractivity contribution in [3.8, 4) is 11.3 Å². The van der Waals surface area contributed by atoms with Gasteiger partial charge < -0.3 is 20.2 Å². The van der Waals surface area contributed by atoms with E-state index in [0.29, 0.717) is 22.9 Å². The van der Waals surface area contributed by atoms with Gasteiger partial charge >= 0.3 is 6.18 Å². The Bertz CT molecular complexity index is 1220. The van der Waals surface area contributed by atoms with Gasteiger partial charge in [0.15, 0.2) is 5.82 Å². The van der Waals surface area contributed by atoms with Gasteiger partial charge in [0.1, 0.15) is 5.82 Å². The number of hydrogen-bond acceptors (Lipinski definition) is 8. The van der Waals surface area contributed by atoms with E-state index in [4.69, 9.17) is 4.98 Å². The largest absolute Gasteiger partial charge is 0.418 e. The molecule has 3 aromatic rings. The number of nitrogens with one attached hydrogen (secondary N) is 1. The Morgan fingerprint density at radius 3 is 2.68 bits per heavy atom. The van der Waals surface area contributed by atoms with Crippen molar-refractivity contribution in [3.63, 3.8) is 0 Å². The average Bonchev–Trinajstić information content (AvgIpc) is 3.59. The van der Waals surface area contributed by atoms with Gasteiger partial charge in [-0.05, 0) is 37.5 Å². The maximum Gasteiger partial charge on any atom is 0.418 e. The lowest BCUT2D eigenvalue weighted by molar-refractivity contribution is -0.138. The number of aromatic nitrogens is 4. The van der Waals surface area contributed by atoms with Crippen LogP contribution in [0.2, 0.25) is 0 Å². The summed E-state index contributed by atoms with van der Waals surface area (Å²) in [5.74, 6) is 0.793. The van der Waals surface area contributed by atoms with Gasteiger partial charge in [-0.25, -0.2) is 9.97 Å². The molecule has 3 aliphatic rings. The van der Waals surface area contributed by atoms with E-state index >= 15 is 0 Å². The third-order valence-corrected chi connectivity index (χ3v) is 6.58. The first-order chi connectivity index (χ1) is 16.4. The molecule has 34 heavy (non-hydrogen) atoms. The third kappa shape index (κ3) is 3.69. The standard InChI is InChI=1S/C23H22F3N7O/c24-23(25,26)16-9-14(10-29-20(16)13-1-2-13)17-3-4-18-21(30-17)33(15-5-8-32(18)12-15)22(34)31-19-11-27-6-7-28-19/h3-4,6-7,9-11,13,15,22,34H,1-2,5,8,12H2,(H,28,31)/t15-,22?/m0/s1. The highest BCUT2D eigenvalue weighted by Gasteiger charge is 2.41. The maximum atomic E-state index is 13.8. The number of rotatable bonds is 5. The summed E-state index contributed by atoms with van der Waals surface area (Å²) in [6.07, 6.45) is 2.69. The molecule has 0 aromatic carbocycles. The van der Waals surface area contributed by atoms with Crippen LogP contribution in [0.4, 0.5) is 30.5 Å². The second-order valence-corrected chi connectivity index (χ2v) is 8.87. The van der Waals surface area contributed by atoms with Crippen molar-refractivity contribution in [3.05, 3.63) is 54.2 Å². The number of pyridine rings is 2. The molecule has 3 aromatic heterocycles. The Hall–Kier alpha value is -3.47. The van der Waals surface area contributed by atoms with Gasteiger partial charge in [-0.15, -0.1) is 0 Å². The van der Waals surface area contributed by atoms with Crippen LogP contribution in [0, 0.1) is 0 Å². The number of aliphatic hydroxyl groups excluding tert-OH is 1. The van der Waals surface area contributed by atoms with Crippen molar-refractivity contribution in [2.45, 2.75) is 43.8 Å². The minimum Gasteiger partial charge on any atom is -0.366 e. The summed E-state index contributed by atoms with van der Waals surface area (Å²) in [4.78, 5) is 21.0. The van der Waals surface area contributed by atoms with E-state index in [-0.39, 0.29) is 17.7 Å². The van der Waals surface area contributed by atoms with Crippen LogP contribution in [0.15, 0.2) is 43.0 Å². The number of nitrogens with zero attached hydrogens (tertiary/aromatic N) is 6. The number of aliphatic hydroxyl groups is 1. The van der Waals surface area contributed by atoms with E-state index in [2.05, 4.69) is 25.2 Å². The fourth-order valence-corrected chi connectivity index (χ4v) is 4.81. The van der Waals surface area contributed by atoms with Crippen molar-refractivity contribution >= 4 is 17.3 Å². The highest BCUT2D eigenvalue weighted by molar-refractivity contribution is 5.76. The van der Waals surface area contributed by atoms with Crippen LogP contribution in [-0.2, 0) is 6.18 Å². The highest BCUT2D eigenvalue weighted by atomic mass is 19.4. The van der Waals surface area contributed by atoms with Crippen LogP contribution in [-0.4, -0.2) is 50.5 Å². The summed E-state index contributed by atoms with van der Waals surface area (Å²) in [5, 5.41) is 14.0. The lowest BCUT2D eigenvalue weighted by Crippen LogP contribution is -2.51. The van der Waals surface area contributed by atoms with Crippen molar-refractivity contribution in [2.24, 2.45) is 0 Å². The summed E-state index contributed by atoms with van der Waals surface area (Å²) in [6.45, 7) is 1.53. The Morgan fingerprint density at radius 2 is 1.94 bits per heavy atom. The molecule has 2 bridgehead atoms. The summed E-state index contributed by atoms with van der Waals surface area (Å²) in [5.41, 5.74) is 0.916. The van der Waals surface area contributed by atoms with Gasteiger partial charge in [0, 0.05) is 43.2 Å². The Balaban J connectivity index is 1.39. The molecule has 2 N–H and O–H groups in total. The molecule has 2 aliphatic heterocycles. The van der Waals surface area contributed by atoms with E-state index in [1.807, 2.05) is 6.07 Å². The second-order valence-electron chi connectivity index (χ2n) is 8.87. The second kappa shape index (κ2) is 7.79. The van der Waals surface area contributed by atoms with Crippen molar-refractivity contribution in [1.29, 1.82) is 0 Å². The van der Waals surface area contributed by atoms with Crippen molar-refractivity contribution in [2.75, 3.05) is 28.2 Å². The number of fused-ring (bicyclic) bond motifs is 4. The fourth-order valence-electron chi connectivity index (χ4n) is 4.81. The molecule has 1 saturated heterocycles. The molecule has 0 spiro atoms. The number of hydrogen-bond donors (Lipinski definition) is 2. The third-order valence-electron chi connectivity index (χ3n) is 6.58. The Kier molecular flexibility index (Phi) is 4.83. The molecule has 1 saturated carbocycles. The maximum absolute atomic E-state index is 13.8. The van der Waals surface area contributed by atoms with E-state index in [9.17, 15) is 18.3 Å². The molecule has 11 heteroatoms. The minimum atomic E-state index is -4.48. The van der Waals surface area contributed by atoms with Gasteiger partial charge in [0.25, 0.3) is 0 Å². The van der Waals surface area contributed by atoms with Crippen molar-refractivity contribution in [1.82, 2.24) is 19.9 Å². The normalized spacial score (nSPS) is 20.3. The molecular weight excluding hydrogens is 447 g/mol. The first-order valence-electron chi connectivity index (χ1n) is 11.2. The molecule has 2 atom stereocenters. The zero-order valence-electron chi connectivity index (χ0n) is 18.1. The smallest absolute Gasteiger partial charge is 0.366 e. The number of halogens is 3. The van der Waals surface area contributed by atoms with Crippen LogP contribution in [0.1, 0.15) is 36.4 Å². The molecule has 1 unspecified atom stereocenters. The summed E-state index contributed by atoms with van der Waals surface area (Å²) >= 11 is 0. The Morgan fingerprint density at radius 1 is 1.09 bits per heavy atom. The van der Waals surface area contributed by atoms with E-state index in [0.717, 1.165) is 44.1 Å². The predicted octanol–water partition coefficient (Wildman–Crippen LogP) is 3.62. The fraction of sp³-hybridized carbons (Fsp3) is 0.391. The first kappa shape index (κ1) is 21.1. The molecule has 0 amide bonds. The zero-order valence-corrected chi connectivity index (χ0v) is 18.1.